The number of carbonyl (C=O) groups excluding carboxylic acids is 3. The number of aromatic hydroxyl groups is 1. The summed E-state index contributed by atoms with van der Waals surface area (Å²) in [5.41, 5.74) is 2.38. The number of carbonyl (C=O) groups is 3. The molecule has 5 aromatic rings. The monoisotopic (exact) mass is 888 g/mol. The van der Waals surface area contributed by atoms with Crippen molar-refractivity contribution in [1.82, 2.24) is 0 Å². The molecule has 344 valence electrons. The van der Waals surface area contributed by atoms with Gasteiger partial charge in [0.25, 0.3) is 0 Å². The molecule has 63 heavy (non-hydrogen) atoms. The second-order valence-corrected chi connectivity index (χ2v) is 13.9. The number of phenolic OH excluding ortho intramolecular Hbond substituents is 1. The molecule has 0 saturated heterocycles. The minimum absolute atomic E-state index is 0. The maximum atomic E-state index is 11.6. The molecular weight excluding hydrogens is 820 g/mol. The Kier molecular flexibility index (Phi) is 38.4. The van der Waals surface area contributed by atoms with Crippen molar-refractivity contribution in [3.05, 3.63) is 163 Å². The van der Waals surface area contributed by atoms with Crippen LogP contribution >= 0.6 is 11.6 Å². The zero-order valence-electron chi connectivity index (χ0n) is 36.0. The van der Waals surface area contributed by atoms with Gasteiger partial charge in [0.2, 0.25) is 5.24 Å². The molecule has 11 heteroatoms. The number of unbranched alkanes of at least 4 members (excludes halogenated alkanes) is 6. The SMILES string of the molecule is C.CO.O=C(CCCCCO)Oc1ccccc1.O=C(CCCCCOCc1ccccc1)Oc1ccccc1.O=C(Cl)CCCCCOCc1ccccc1.Oc1ccccc1. The third kappa shape index (κ3) is 35.9. The number of ether oxygens (including phenoxy) is 4. The summed E-state index contributed by atoms with van der Waals surface area (Å²) in [6, 6.07) is 47.2. The maximum absolute atomic E-state index is 11.6. The molecule has 10 nitrogen and oxygen atoms in total. The molecule has 0 saturated carbocycles. The van der Waals surface area contributed by atoms with Crippen LogP contribution in [0.1, 0.15) is 95.6 Å². The second-order valence-electron chi connectivity index (χ2n) is 13.5. The highest BCUT2D eigenvalue weighted by atomic mass is 35.5. The summed E-state index contributed by atoms with van der Waals surface area (Å²) in [6.45, 7) is 2.97. The van der Waals surface area contributed by atoms with Gasteiger partial charge in [-0.3, -0.25) is 14.4 Å². The van der Waals surface area contributed by atoms with Gasteiger partial charge in [-0.1, -0.05) is 142 Å². The van der Waals surface area contributed by atoms with Crippen LogP contribution in [0.4, 0.5) is 0 Å². The van der Waals surface area contributed by atoms with E-state index in [2.05, 4.69) is 12.1 Å². The minimum Gasteiger partial charge on any atom is -0.508 e. The Morgan fingerprint density at radius 3 is 1.13 bits per heavy atom. The van der Waals surface area contributed by atoms with Crippen molar-refractivity contribution in [3.8, 4) is 17.2 Å². The fourth-order valence-electron chi connectivity index (χ4n) is 5.15. The summed E-state index contributed by atoms with van der Waals surface area (Å²) in [5.74, 6) is 1.14. The molecule has 0 bridgehead atoms. The lowest BCUT2D eigenvalue weighted by Crippen LogP contribution is -2.07. The summed E-state index contributed by atoms with van der Waals surface area (Å²) in [6.07, 6.45) is 9.32. The van der Waals surface area contributed by atoms with Crippen LogP contribution in [0.25, 0.3) is 0 Å². The average molecular weight is 890 g/mol. The fraction of sp³-hybridized carbons (Fsp3) is 0.365. The molecular formula is C52H69ClO10. The zero-order valence-corrected chi connectivity index (χ0v) is 36.8. The van der Waals surface area contributed by atoms with Gasteiger partial charge in [-0.2, -0.15) is 0 Å². The Morgan fingerprint density at radius 2 is 0.794 bits per heavy atom. The molecule has 0 fully saturated rings. The maximum Gasteiger partial charge on any atom is 0.311 e. The van der Waals surface area contributed by atoms with E-state index in [1.807, 2.05) is 91.0 Å². The summed E-state index contributed by atoms with van der Waals surface area (Å²) < 4.78 is 21.4. The highest BCUT2D eigenvalue weighted by molar-refractivity contribution is 6.63. The number of para-hydroxylation sites is 3. The first kappa shape index (κ1) is 57.6. The largest absolute Gasteiger partial charge is 0.508 e. The molecule has 0 atom stereocenters. The molecule has 0 aromatic heterocycles. The summed E-state index contributed by atoms with van der Waals surface area (Å²) in [7, 11) is 1.00. The number of aliphatic hydroxyl groups is 2. The fourth-order valence-corrected chi connectivity index (χ4v) is 5.29. The second kappa shape index (κ2) is 42.0. The van der Waals surface area contributed by atoms with E-state index < -0.39 is 0 Å². The number of hydrogen-bond acceptors (Lipinski definition) is 10. The van der Waals surface area contributed by atoms with Crippen LogP contribution in [0.3, 0.4) is 0 Å². The van der Waals surface area contributed by atoms with Gasteiger partial charge in [-0.05, 0) is 97.7 Å². The predicted octanol–water partition coefficient (Wildman–Crippen LogP) is 11.7. The van der Waals surface area contributed by atoms with Crippen LogP contribution in [0.2, 0.25) is 0 Å². The van der Waals surface area contributed by atoms with Crippen molar-refractivity contribution >= 4 is 28.8 Å². The van der Waals surface area contributed by atoms with Gasteiger partial charge < -0.3 is 34.3 Å². The van der Waals surface area contributed by atoms with Crippen molar-refractivity contribution in [3.63, 3.8) is 0 Å². The van der Waals surface area contributed by atoms with E-state index in [0.717, 1.165) is 78.1 Å². The minimum atomic E-state index is -0.245. The molecule has 0 aliphatic carbocycles. The van der Waals surface area contributed by atoms with Crippen molar-refractivity contribution in [1.29, 1.82) is 0 Å². The van der Waals surface area contributed by atoms with E-state index in [1.54, 1.807) is 48.5 Å². The van der Waals surface area contributed by atoms with Gasteiger partial charge in [-0.15, -0.1) is 0 Å². The normalized spacial score (nSPS) is 9.65. The Labute approximate surface area is 380 Å². The molecule has 0 spiro atoms. The molecule has 0 unspecified atom stereocenters. The molecule has 0 heterocycles. The van der Waals surface area contributed by atoms with E-state index in [1.165, 1.54) is 11.1 Å². The first-order valence-electron chi connectivity index (χ1n) is 21.1. The van der Waals surface area contributed by atoms with Crippen LogP contribution in [-0.2, 0) is 37.1 Å². The van der Waals surface area contributed by atoms with Crippen molar-refractivity contribution in [2.75, 3.05) is 26.9 Å². The zero-order chi connectivity index (χ0) is 45.1. The Morgan fingerprint density at radius 1 is 0.460 bits per heavy atom. The topological polar surface area (TPSA) is 149 Å². The molecule has 5 aromatic carbocycles. The number of aliphatic hydroxyl groups excluding tert-OH is 2. The summed E-state index contributed by atoms with van der Waals surface area (Å²) in [4.78, 5) is 33.4. The number of esters is 2. The molecule has 0 aliphatic rings. The lowest BCUT2D eigenvalue weighted by molar-refractivity contribution is -0.135. The third-order valence-electron chi connectivity index (χ3n) is 8.30. The van der Waals surface area contributed by atoms with Gasteiger partial charge >= 0.3 is 11.9 Å². The van der Waals surface area contributed by atoms with E-state index >= 15 is 0 Å². The lowest BCUT2D eigenvalue weighted by atomic mass is 10.2. The number of benzene rings is 5. The third-order valence-corrected chi connectivity index (χ3v) is 8.49. The van der Waals surface area contributed by atoms with E-state index in [-0.39, 0.29) is 31.2 Å². The molecule has 0 radical (unpaired) electrons. The quantitative estimate of drug-likeness (QED) is 0.0250. The van der Waals surface area contributed by atoms with Gasteiger partial charge in [0.15, 0.2) is 0 Å². The standard InChI is InChI=1S/C19H22O3.C13H17ClO2.C12H16O3.C6H6O.CH4O.CH4/c20-19(22-18-12-6-2-7-13-18)14-8-3-9-15-21-16-17-10-4-1-5-11-17;14-13(15)9-5-2-6-10-16-11-12-7-3-1-4-8-12;13-10-6-2-5-9-12(14)15-11-7-3-1-4-8-11;7-6-4-2-1-3-5-6;1-2;/h1-2,4-7,10-13H,3,8-9,14-16H2;1,3-4,7-8H,2,5-6,9-11H2;1,3-4,7-8,13H,2,5-6,9-10H2;1-5,7H;2H,1H3;1H4. The number of halogens is 1. The van der Waals surface area contributed by atoms with Crippen molar-refractivity contribution < 1.29 is 48.7 Å². The average Bonchev–Trinajstić information content (AvgIpc) is 3.30. The van der Waals surface area contributed by atoms with Crippen LogP contribution in [-0.4, -0.2) is 59.4 Å². The van der Waals surface area contributed by atoms with Crippen molar-refractivity contribution in [2.45, 2.75) is 97.7 Å². The van der Waals surface area contributed by atoms with E-state index in [4.69, 9.17) is 45.9 Å². The van der Waals surface area contributed by atoms with Gasteiger partial charge in [0, 0.05) is 46.2 Å². The highest BCUT2D eigenvalue weighted by Crippen LogP contribution is 2.12. The molecule has 3 N–H and O–H groups in total. The van der Waals surface area contributed by atoms with Gasteiger partial charge in [0.1, 0.15) is 17.2 Å². The number of phenols is 1. The van der Waals surface area contributed by atoms with Gasteiger partial charge in [0.05, 0.1) is 13.2 Å². The Balaban J connectivity index is 0.000000840. The molecule has 5 rings (SSSR count). The lowest BCUT2D eigenvalue weighted by Gasteiger charge is -2.05. The Bertz CT molecular complexity index is 1760. The summed E-state index contributed by atoms with van der Waals surface area (Å²) in [5, 5.41) is 23.9. The number of hydrogen-bond donors (Lipinski definition) is 3. The number of rotatable bonds is 23. The summed E-state index contributed by atoms with van der Waals surface area (Å²) >= 11 is 5.23. The van der Waals surface area contributed by atoms with E-state index in [9.17, 15) is 14.4 Å². The first-order chi connectivity index (χ1) is 30.4. The molecule has 0 amide bonds. The van der Waals surface area contributed by atoms with Crippen LogP contribution < -0.4 is 9.47 Å². The van der Waals surface area contributed by atoms with Crippen molar-refractivity contribution in [2.24, 2.45) is 0 Å². The molecule has 0 aliphatic heterocycles. The van der Waals surface area contributed by atoms with Crippen LogP contribution in [0.15, 0.2) is 152 Å². The Hall–Kier alpha value is -5.36. The van der Waals surface area contributed by atoms with E-state index in [0.29, 0.717) is 49.7 Å². The van der Waals surface area contributed by atoms with Crippen LogP contribution in [0, 0.1) is 0 Å². The predicted molar refractivity (Wildman–Crippen MR) is 253 cm³/mol. The van der Waals surface area contributed by atoms with Crippen LogP contribution in [0.5, 0.6) is 17.2 Å². The van der Waals surface area contributed by atoms with Gasteiger partial charge in [-0.25, -0.2) is 0 Å². The smallest absolute Gasteiger partial charge is 0.311 e. The highest BCUT2D eigenvalue weighted by Gasteiger charge is 2.05. The first-order valence-corrected chi connectivity index (χ1v) is 21.5.